The third-order valence-corrected chi connectivity index (χ3v) is 3.69. The van der Waals surface area contributed by atoms with Crippen molar-refractivity contribution in [2.45, 2.75) is 45.1 Å². The molecule has 0 aliphatic carbocycles. The van der Waals surface area contributed by atoms with Crippen LogP contribution in [0.4, 0.5) is 0 Å². The number of rotatable bonds is 10. The summed E-state index contributed by atoms with van der Waals surface area (Å²) in [5.41, 5.74) is 0.748. The van der Waals surface area contributed by atoms with E-state index in [0.29, 0.717) is 6.42 Å². The van der Waals surface area contributed by atoms with Gasteiger partial charge < -0.3 is 15.1 Å². The first-order valence-electron chi connectivity index (χ1n) is 7.46. The molecule has 124 valence electrons. The van der Waals surface area contributed by atoms with E-state index in [9.17, 15) is 9.36 Å². The van der Waals surface area contributed by atoms with E-state index in [2.05, 4.69) is 16.8 Å². The van der Waals surface area contributed by atoms with Crippen LogP contribution in [-0.2, 0) is 13.9 Å². The van der Waals surface area contributed by atoms with Crippen LogP contribution in [0.5, 0.6) is 0 Å². The maximum atomic E-state index is 12.0. The Morgan fingerprint density at radius 3 is 2.50 bits per heavy atom. The summed E-state index contributed by atoms with van der Waals surface area (Å²) in [5, 5.41) is 2.78. The van der Waals surface area contributed by atoms with E-state index in [1.54, 1.807) is 24.3 Å². The molecule has 0 bridgehead atoms. The smallest absolute Gasteiger partial charge is 0.347 e. The highest BCUT2D eigenvalue weighted by Crippen LogP contribution is 2.37. The van der Waals surface area contributed by atoms with E-state index >= 15 is 0 Å². The maximum Gasteiger partial charge on any atom is 0.469 e. The number of unbranched alkanes of at least 4 members (excludes halogenated alkanes) is 3. The van der Waals surface area contributed by atoms with Crippen LogP contribution in [0.15, 0.2) is 30.3 Å². The van der Waals surface area contributed by atoms with Crippen LogP contribution in [0.1, 0.15) is 50.6 Å². The Balaban J connectivity index is 2.58. The lowest BCUT2D eigenvalue weighted by atomic mass is 10.1. The zero-order valence-electron chi connectivity index (χ0n) is 12.8. The Labute approximate surface area is 131 Å². The number of amides is 1. The summed E-state index contributed by atoms with van der Waals surface area (Å²) >= 11 is 0. The van der Waals surface area contributed by atoms with Crippen LogP contribution in [0, 0.1) is 0 Å². The largest absolute Gasteiger partial charge is 0.469 e. The van der Waals surface area contributed by atoms with Crippen molar-refractivity contribution in [2.24, 2.45) is 0 Å². The molecule has 1 aromatic rings. The van der Waals surface area contributed by atoms with Gasteiger partial charge in [-0.05, 0) is 12.0 Å². The lowest BCUT2D eigenvalue weighted by molar-refractivity contribution is -0.122. The fraction of sp³-hybridized carbons (Fsp3) is 0.533. The van der Waals surface area contributed by atoms with Crippen LogP contribution < -0.4 is 5.32 Å². The highest BCUT2D eigenvalue weighted by atomic mass is 31.2. The van der Waals surface area contributed by atoms with Crippen LogP contribution >= 0.6 is 7.82 Å². The molecule has 0 fully saturated rings. The van der Waals surface area contributed by atoms with E-state index in [1.807, 2.05) is 6.07 Å². The molecule has 6 nitrogen and oxygen atoms in total. The minimum Gasteiger partial charge on any atom is -0.347 e. The van der Waals surface area contributed by atoms with Gasteiger partial charge in [0.1, 0.15) is 0 Å². The SMILES string of the molecule is CCCCCCC(=O)N[C@@H](COP(=O)(O)O)c1ccccc1. The molecular weight excluding hydrogens is 305 g/mol. The van der Waals surface area contributed by atoms with Crippen molar-refractivity contribution in [3.05, 3.63) is 35.9 Å². The standard InChI is InChI=1S/C15H24NO5P/c1-2-3-4-8-11-15(17)16-14(12-21-22(18,19)20)13-9-6-5-7-10-13/h5-7,9-10,14H,2-4,8,11-12H2,1H3,(H,16,17)(H2,18,19,20)/t14-/m0/s1. The fourth-order valence-corrected chi connectivity index (χ4v) is 2.40. The van der Waals surface area contributed by atoms with Crippen LogP contribution in [-0.4, -0.2) is 22.3 Å². The second-order valence-corrected chi connectivity index (χ2v) is 6.37. The summed E-state index contributed by atoms with van der Waals surface area (Å²) in [6.45, 7) is 1.83. The lowest BCUT2D eigenvalue weighted by Crippen LogP contribution is -2.31. The molecular formula is C15H24NO5P. The molecule has 0 unspecified atom stereocenters. The Bertz CT molecular complexity index is 488. The summed E-state index contributed by atoms with van der Waals surface area (Å²) in [6, 6.07) is 8.42. The highest BCUT2D eigenvalue weighted by molar-refractivity contribution is 7.46. The maximum absolute atomic E-state index is 12.0. The zero-order valence-corrected chi connectivity index (χ0v) is 13.7. The van der Waals surface area contributed by atoms with Gasteiger partial charge >= 0.3 is 7.82 Å². The Morgan fingerprint density at radius 1 is 1.23 bits per heavy atom. The molecule has 0 radical (unpaired) electrons. The van der Waals surface area contributed by atoms with E-state index in [1.165, 1.54) is 0 Å². The number of benzene rings is 1. The van der Waals surface area contributed by atoms with E-state index in [4.69, 9.17) is 9.79 Å². The van der Waals surface area contributed by atoms with Gasteiger partial charge in [-0.3, -0.25) is 9.32 Å². The average molecular weight is 329 g/mol. The van der Waals surface area contributed by atoms with E-state index in [0.717, 1.165) is 31.2 Å². The van der Waals surface area contributed by atoms with Gasteiger partial charge in [-0.25, -0.2) is 4.57 Å². The fourth-order valence-electron chi connectivity index (χ4n) is 2.06. The Morgan fingerprint density at radius 2 is 1.91 bits per heavy atom. The summed E-state index contributed by atoms with van der Waals surface area (Å²) in [5.74, 6) is -0.140. The predicted octanol–water partition coefficient (Wildman–Crippen LogP) is 2.92. The van der Waals surface area contributed by atoms with Crippen molar-refractivity contribution in [3.63, 3.8) is 0 Å². The Hall–Kier alpha value is -1.20. The van der Waals surface area contributed by atoms with Crippen molar-refractivity contribution in [3.8, 4) is 0 Å². The molecule has 22 heavy (non-hydrogen) atoms. The first-order valence-corrected chi connectivity index (χ1v) is 9.00. The molecule has 0 saturated heterocycles. The van der Waals surface area contributed by atoms with Crippen LogP contribution in [0.2, 0.25) is 0 Å². The van der Waals surface area contributed by atoms with Gasteiger partial charge in [0.15, 0.2) is 0 Å². The quantitative estimate of drug-likeness (QED) is 0.453. The minimum atomic E-state index is -4.56. The summed E-state index contributed by atoms with van der Waals surface area (Å²) in [6.07, 6.45) is 4.40. The second kappa shape index (κ2) is 9.74. The number of carbonyl (C=O) groups is 1. The molecule has 1 atom stereocenters. The van der Waals surface area contributed by atoms with Gasteiger partial charge in [0.25, 0.3) is 0 Å². The number of carbonyl (C=O) groups excluding carboxylic acids is 1. The molecule has 3 N–H and O–H groups in total. The lowest BCUT2D eigenvalue weighted by Gasteiger charge is -2.19. The molecule has 0 aliphatic heterocycles. The number of phosphoric acid groups is 1. The molecule has 0 aliphatic rings. The summed E-state index contributed by atoms with van der Waals surface area (Å²) in [7, 11) is -4.56. The molecule has 0 saturated carbocycles. The van der Waals surface area contributed by atoms with Gasteiger partial charge in [0, 0.05) is 6.42 Å². The molecule has 0 aromatic heterocycles. The normalized spacial score (nSPS) is 12.9. The van der Waals surface area contributed by atoms with Crippen LogP contribution in [0.25, 0.3) is 0 Å². The molecule has 1 aromatic carbocycles. The molecule has 1 amide bonds. The van der Waals surface area contributed by atoms with Gasteiger partial charge in [-0.1, -0.05) is 56.5 Å². The van der Waals surface area contributed by atoms with Crippen molar-refractivity contribution < 1.29 is 23.7 Å². The minimum absolute atomic E-state index is 0.140. The molecule has 1 rings (SSSR count). The highest BCUT2D eigenvalue weighted by Gasteiger charge is 2.20. The number of hydrogen-bond acceptors (Lipinski definition) is 3. The van der Waals surface area contributed by atoms with Crippen molar-refractivity contribution in [1.29, 1.82) is 0 Å². The third-order valence-electron chi connectivity index (χ3n) is 3.20. The van der Waals surface area contributed by atoms with Crippen LogP contribution in [0.3, 0.4) is 0 Å². The predicted molar refractivity (Wildman–Crippen MR) is 84.1 cm³/mol. The first kappa shape index (κ1) is 18.8. The number of hydrogen-bond donors (Lipinski definition) is 3. The average Bonchev–Trinajstić information content (AvgIpc) is 2.48. The number of phosphoric ester groups is 1. The second-order valence-electron chi connectivity index (χ2n) is 5.13. The molecule has 0 spiro atoms. The van der Waals surface area contributed by atoms with Crippen molar-refractivity contribution in [1.82, 2.24) is 5.32 Å². The molecule has 0 heterocycles. The first-order chi connectivity index (χ1) is 10.4. The number of nitrogens with one attached hydrogen (secondary N) is 1. The topological polar surface area (TPSA) is 95.9 Å². The summed E-state index contributed by atoms with van der Waals surface area (Å²) < 4.78 is 15.4. The van der Waals surface area contributed by atoms with Crippen molar-refractivity contribution in [2.75, 3.05) is 6.61 Å². The van der Waals surface area contributed by atoms with Gasteiger partial charge in [-0.2, -0.15) is 0 Å². The van der Waals surface area contributed by atoms with E-state index in [-0.39, 0.29) is 12.5 Å². The Kier molecular flexibility index (Phi) is 8.35. The van der Waals surface area contributed by atoms with Crippen molar-refractivity contribution >= 4 is 13.7 Å². The molecule has 7 heteroatoms. The zero-order chi connectivity index (χ0) is 16.4. The monoisotopic (exact) mass is 329 g/mol. The van der Waals surface area contributed by atoms with Gasteiger partial charge in [-0.15, -0.1) is 0 Å². The third kappa shape index (κ3) is 8.29. The summed E-state index contributed by atoms with van der Waals surface area (Å²) in [4.78, 5) is 29.6. The van der Waals surface area contributed by atoms with Gasteiger partial charge in [0.05, 0.1) is 12.6 Å². The van der Waals surface area contributed by atoms with Gasteiger partial charge in [0.2, 0.25) is 5.91 Å². The van der Waals surface area contributed by atoms with E-state index < -0.39 is 13.9 Å².